The highest BCUT2D eigenvalue weighted by Crippen LogP contribution is 2.21. The molecule has 0 saturated heterocycles. The van der Waals surface area contributed by atoms with E-state index in [9.17, 15) is 18.0 Å². The first-order valence-electron chi connectivity index (χ1n) is 8.14. The lowest BCUT2D eigenvalue weighted by Crippen LogP contribution is -2.30. The van der Waals surface area contributed by atoms with Crippen molar-refractivity contribution in [1.29, 1.82) is 0 Å². The van der Waals surface area contributed by atoms with Crippen LogP contribution in [0.1, 0.15) is 15.9 Å². The Hall–Kier alpha value is -2.13. The van der Waals surface area contributed by atoms with Crippen LogP contribution >= 0.6 is 23.2 Å². The van der Waals surface area contributed by atoms with Crippen molar-refractivity contribution in [3.8, 4) is 0 Å². The minimum absolute atomic E-state index is 0.0251. The van der Waals surface area contributed by atoms with E-state index in [0.29, 0.717) is 23.0 Å². The van der Waals surface area contributed by atoms with Crippen LogP contribution in [0.25, 0.3) is 0 Å². The summed E-state index contributed by atoms with van der Waals surface area (Å²) in [4.78, 5) is 23.8. The van der Waals surface area contributed by atoms with Crippen molar-refractivity contribution in [1.82, 2.24) is 10.0 Å². The van der Waals surface area contributed by atoms with Gasteiger partial charge in [-0.15, -0.1) is 0 Å². The van der Waals surface area contributed by atoms with Gasteiger partial charge in [-0.2, -0.15) is 0 Å². The number of hydrogen-bond acceptors (Lipinski definition) is 5. The van der Waals surface area contributed by atoms with Crippen LogP contribution in [-0.2, 0) is 26.0 Å². The molecular formula is C18H18Cl2N2O5S. The van der Waals surface area contributed by atoms with Crippen LogP contribution in [0.3, 0.4) is 0 Å². The quantitative estimate of drug-likeness (QED) is 0.608. The van der Waals surface area contributed by atoms with Crippen molar-refractivity contribution < 1.29 is 22.7 Å². The molecular weight excluding hydrogens is 427 g/mol. The van der Waals surface area contributed by atoms with Gasteiger partial charge < -0.3 is 10.1 Å². The smallest absolute Gasteiger partial charge is 0.338 e. The Morgan fingerprint density at radius 2 is 1.86 bits per heavy atom. The Morgan fingerprint density at radius 1 is 1.11 bits per heavy atom. The molecule has 2 rings (SSSR count). The van der Waals surface area contributed by atoms with Crippen molar-refractivity contribution in [3.05, 3.63) is 63.6 Å². The summed E-state index contributed by atoms with van der Waals surface area (Å²) >= 11 is 11.9. The van der Waals surface area contributed by atoms with Crippen LogP contribution in [0.2, 0.25) is 10.0 Å². The molecule has 1 amide bonds. The van der Waals surface area contributed by atoms with E-state index in [1.165, 1.54) is 31.3 Å². The first-order chi connectivity index (χ1) is 13.2. The Bertz CT molecular complexity index is 980. The highest BCUT2D eigenvalue weighted by molar-refractivity contribution is 7.89. The Morgan fingerprint density at radius 3 is 2.54 bits per heavy atom. The predicted octanol–water partition coefficient (Wildman–Crippen LogP) is 2.42. The van der Waals surface area contributed by atoms with Gasteiger partial charge in [0.05, 0.1) is 10.5 Å². The van der Waals surface area contributed by atoms with Crippen LogP contribution in [0, 0.1) is 0 Å². The van der Waals surface area contributed by atoms with Gasteiger partial charge in [-0.05, 0) is 49.4 Å². The highest BCUT2D eigenvalue weighted by Gasteiger charge is 2.16. The van der Waals surface area contributed by atoms with Gasteiger partial charge in [-0.25, -0.2) is 17.9 Å². The van der Waals surface area contributed by atoms with Crippen LogP contribution in [0.15, 0.2) is 47.4 Å². The van der Waals surface area contributed by atoms with Gasteiger partial charge in [0.15, 0.2) is 6.61 Å². The zero-order valence-corrected chi connectivity index (χ0v) is 17.2. The Labute approximate surface area is 173 Å². The van der Waals surface area contributed by atoms with Crippen molar-refractivity contribution in [3.63, 3.8) is 0 Å². The van der Waals surface area contributed by atoms with E-state index in [-0.39, 0.29) is 10.5 Å². The number of amides is 1. The average molecular weight is 445 g/mol. The summed E-state index contributed by atoms with van der Waals surface area (Å²) in [5.41, 5.74) is 0.850. The van der Waals surface area contributed by atoms with E-state index < -0.39 is 28.5 Å². The second kappa shape index (κ2) is 9.88. The predicted molar refractivity (Wildman–Crippen MR) is 106 cm³/mol. The van der Waals surface area contributed by atoms with Gasteiger partial charge in [0.25, 0.3) is 5.91 Å². The van der Waals surface area contributed by atoms with Gasteiger partial charge >= 0.3 is 5.97 Å². The summed E-state index contributed by atoms with van der Waals surface area (Å²) in [5, 5.41) is 3.64. The van der Waals surface area contributed by atoms with E-state index in [1.807, 2.05) is 0 Å². The van der Waals surface area contributed by atoms with Gasteiger partial charge in [-0.1, -0.05) is 35.3 Å². The molecule has 150 valence electrons. The van der Waals surface area contributed by atoms with Crippen molar-refractivity contribution in [2.45, 2.75) is 11.3 Å². The summed E-state index contributed by atoms with van der Waals surface area (Å²) < 4.78 is 30.6. The molecule has 7 nitrogen and oxygen atoms in total. The number of nitrogens with one attached hydrogen (secondary N) is 2. The molecule has 0 heterocycles. The summed E-state index contributed by atoms with van der Waals surface area (Å²) in [6.45, 7) is -0.191. The minimum Gasteiger partial charge on any atom is -0.452 e. The third kappa shape index (κ3) is 6.20. The minimum atomic E-state index is -3.69. The zero-order valence-electron chi connectivity index (χ0n) is 14.9. The standard InChI is InChI=1S/C18H18Cl2N2O5S/c1-21-28(25,26)15-4-2-3-13(9-15)18(24)27-11-17(23)22-8-7-12-5-6-14(19)10-16(12)20/h2-6,9-10,21H,7-8,11H2,1H3,(H,22,23). The normalized spacial score (nSPS) is 11.1. The largest absolute Gasteiger partial charge is 0.452 e. The second-order valence-electron chi connectivity index (χ2n) is 5.65. The number of carbonyl (C=O) groups is 2. The second-order valence-corrected chi connectivity index (χ2v) is 8.38. The topological polar surface area (TPSA) is 102 Å². The van der Waals surface area contributed by atoms with Crippen LogP contribution in [-0.4, -0.2) is 40.5 Å². The molecule has 0 aliphatic heterocycles. The summed E-state index contributed by atoms with van der Waals surface area (Å²) in [5.74, 6) is -1.29. The number of carbonyl (C=O) groups excluding carboxylic acids is 2. The van der Waals surface area contributed by atoms with Gasteiger partial charge in [0.2, 0.25) is 10.0 Å². The first-order valence-corrected chi connectivity index (χ1v) is 10.4. The van der Waals surface area contributed by atoms with Crippen molar-refractivity contribution in [2.75, 3.05) is 20.2 Å². The molecule has 2 aromatic rings. The Kier molecular flexibility index (Phi) is 7.82. The average Bonchev–Trinajstić information content (AvgIpc) is 2.68. The van der Waals surface area contributed by atoms with E-state index in [4.69, 9.17) is 27.9 Å². The van der Waals surface area contributed by atoms with Gasteiger partial charge in [0.1, 0.15) is 0 Å². The maximum absolute atomic E-state index is 12.0. The molecule has 0 fully saturated rings. The lowest BCUT2D eigenvalue weighted by atomic mass is 10.1. The molecule has 28 heavy (non-hydrogen) atoms. The van der Waals surface area contributed by atoms with E-state index in [1.54, 1.807) is 18.2 Å². The fourth-order valence-corrected chi connectivity index (χ4v) is 3.51. The number of halogens is 2. The van der Waals surface area contributed by atoms with Crippen LogP contribution < -0.4 is 10.0 Å². The van der Waals surface area contributed by atoms with Crippen LogP contribution in [0.5, 0.6) is 0 Å². The molecule has 0 atom stereocenters. The summed E-state index contributed by atoms with van der Waals surface area (Å²) in [6, 6.07) is 10.4. The molecule has 0 radical (unpaired) electrons. The first kappa shape index (κ1) is 22.2. The van der Waals surface area contributed by atoms with E-state index in [0.717, 1.165) is 5.56 Å². The zero-order chi connectivity index (χ0) is 20.7. The molecule has 0 saturated carbocycles. The number of rotatable bonds is 8. The van der Waals surface area contributed by atoms with Gasteiger partial charge in [-0.3, -0.25) is 4.79 Å². The fraction of sp³-hybridized carbons (Fsp3) is 0.222. The maximum Gasteiger partial charge on any atom is 0.338 e. The van der Waals surface area contributed by atoms with Crippen LogP contribution in [0.4, 0.5) is 0 Å². The maximum atomic E-state index is 12.0. The molecule has 0 unspecified atom stereocenters. The van der Waals surface area contributed by atoms with Crippen molar-refractivity contribution >= 4 is 45.1 Å². The molecule has 0 bridgehead atoms. The number of sulfonamides is 1. The van der Waals surface area contributed by atoms with Gasteiger partial charge in [0, 0.05) is 16.6 Å². The number of esters is 1. The monoisotopic (exact) mass is 444 g/mol. The lowest BCUT2D eigenvalue weighted by molar-refractivity contribution is -0.124. The van der Waals surface area contributed by atoms with E-state index >= 15 is 0 Å². The molecule has 0 aliphatic rings. The molecule has 0 aromatic heterocycles. The molecule has 2 aromatic carbocycles. The third-order valence-electron chi connectivity index (χ3n) is 3.71. The number of ether oxygens (including phenoxy) is 1. The van der Waals surface area contributed by atoms with E-state index in [2.05, 4.69) is 10.0 Å². The molecule has 10 heteroatoms. The molecule has 0 spiro atoms. The van der Waals surface area contributed by atoms with Crippen molar-refractivity contribution in [2.24, 2.45) is 0 Å². The number of benzene rings is 2. The Balaban J connectivity index is 1.84. The third-order valence-corrected chi connectivity index (χ3v) is 5.71. The summed E-state index contributed by atoms with van der Waals surface area (Å²) in [7, 11) is -2.42. The fourth-order valence-electron chi connectivity index (χ4n) is 2.23. The summed E-state index contributed by atoms with van der Waals surface area (Å²) in [6.07, 6.45) is 0.486. The number of hydrogen-bond donors (Lipinski definition) is 2. The highest BCUT2D eigenvalue weighted by atomic mass is 35.5. The lowest BCUT2D eigenvalue weighted by Gasteiger charge is -2.09. The SMILES string of the molecule is CNS(=O)(=O)c1cccc(C(=O)OCC(=O)NCCc2ccc(Cl)cc2Cl)c1. The molecule has 0 aliphatic carbocycles. The molecule has 2 N–H and O–H groups in total.